The van der Waals surface area contributed by atoms with E-state index in [1.807, 2.05) is 6.92 Å². The van der Waals surface area contributed by atoms with Crippen LogP contribution in [0.2, 0.25) is 0 Å². The van der Waals surface area contributed by atoms with E-state index in [1.165, 1.54) is 0 Å². The van der Waals surface area contributed by atoms with E-state index in [0.717, 1.165) is 18.6 Å². The Morgan fingerprint density at radius 1 is 1.20 bits per heavy atom. The van der Waals surface area contributed by atoms with E-state index >= 15 is 0 Å². The van der Waals surface area contributed by atoms with Crippen molar-refractivity contribution in [2.75, 3.05) is 18.8 Å². The number of halogens is 2. The summed E-state index contributed by atoms with van der Waals surface area (Å²) in [6, 6.07) is 1.96. The van der Waals surface area contributed by atoms with Gasteiger partial charge in [-0.1, -0.05) is 6.92 Å². The molecule has 0 unspecified atom stereocenters. The van der Waals surface area contributed by atoms with Crippen LogP contribution in [-0.4, -0.2) is 24.9 Å². The van der Waals surface area contributed by atoms with Crippen molar-refractivity contribution in [2.45, 2.75) is 19.8 Å². The standard InChI is InChI=1S/C13H17F2N3O2/c1-2-6-17-10(19)5-7-18-13(20)11-8(14)3-4-9(16)12(11)15/h3-4H,2,5-7,16H2,1H3,(H,17,19)(H,18,20). The van der Waals surface area contributed by atoms with Crippen LogP contribution in [0.15, 0.2) is 12.1 Å². The van der Waals surface area contributed by atoms with E-state index in [9.17, 15) is 18.4 Å². The molecule has 0 fully saturated rings. The normalized spacial score (nSPS) is 10.2. The highest BCUT2D eigenvalue weighted by molar-refractivity contribution is 5.95. The predicted octanol–water partition coefficient (Wildman–Crippen LogP) is 1.19. The van der Waals surface area contributed by atoms with E-state index in [2.05, 4.69) is 10.6 Å². The summed E-state index contributed by atoms with van der Waals surface area (Å²) in [5.41, 5.74) is 4.23. The maximum Gasteiger partial charge on any atom is 0.257 e. The first-order chi connectivity index (χ1) is 9.47. The highest BCUT2D eigenvalue weighted by Gasteiger charge is 2.19. The van der Waals surface area contributed by atoms with Gasteiger partial charge in [-0.3, -0.25) is 9.59 Å². The minimum atomic E-state index is -1.10. The quantitative estimate of drug-likeness (QED) is 0.686. The van der Waals surface area contributed by atoms with Crippen LogP contribution in [0, 0.1) is 11.6 Å². The van der Waals surface area contributed by atoms with Crippen LogP contribution in [0.3, 0.4) is 0 Å². The van der Waals surface area contributed by atoms with Gasteiger partial charge in [0.2, 0.25) is 5.91 Å². The number of carbonyl (C=O) groups is 2. The second-order valence-electron chi connectivity index (χ2n) is 4.18. The summed E-state index contributed by atoms with van der Waals surface area (Å²) in [6.45, 7) is 2.45. The predicted molar refractivity (Wildman–Crippen MR) is 71.0 cm³/mol. The van der Waals surface area contributed by atoms with Crippen LogP contribution in [-0.2, 0) is 4.79 Å². The average Bonchev–Trinajstić information content (AvgIpc) is 2.41. The Kier molecular flexibility index (Phi) is 5.89. The fourth-order valence-electron chi connectivity index (χ4n) is 1.51. The molecule has 1 aromatic carbocycles. The van der Waals surface area contributed by atoms with Gasteiger partial charge < -0.3 is 16.4 Å². The Bertz CT molecular complexity index is 507. The number of hydrogen-bond acceptors (Lipinski definition) is 3. The fourth-order valence-corrected chi connectivity index (χ4v) is 1.51. The zero-order valence-electron chi connectivity index (χ0n) is 11.1. The van der Waals surface area contributed by atoms with Gasteiger partial charge in [0.05, 0.1) is 5.69 Å². The van der Waals surface area contributed by atoms with Gasteiger partial charge >= 0.3 is 0 Å². The first-order valence-electron chi connectivity index (χ1n) is 6.25. The molecule has 110 valence electrons. The summed E-state index contributed by atoms with van der Waals surface area (Å²) in [5.74, 6) is -3.26. The largest absolute Gasteiger partial charge is 0.396 e. The molecule has 0 saturated carbocycles. The lowest BCUT2D eigenvalue weighted by molar-refractivity contribution is -0.120. The van der Waals surface area contributed by atoms with E-state index < -0.39 is 23.1 Å². The Hall–Kier alpha value is -2.18. The first kappa shape index (κ1) is 15.9. The van der Waals surface area contributed by atoms with Gasteiger partial charge in [0.1, 0.15) is 11.4 Å². The molecule has 5 nitrogen and oxygen atoms in total. The lowest BCUT2D eigenvalue weighted by atomic mass is 10.1. The molecular formula is C13H17F2N3O2. The molecule has 0 heterocycles. The van der Waals surface area contributed by atoms with Gasteiger partial charge in [-0.05, 0) is 18.6 Å². The number of hydrogen-bond donors (Lipinski definition) is 3. The zero-order valence-corrected chi connectivity index (χ0v) is 11.1. The number of rotatable bonds is 6. The number of amides is 2. The van der Waals surface area contributed by atoms with E-state index in [0.29, 0.717) is 6.54 Å². The minimum Gasteiger partial charge on any atom is -0.396 e. The minimum absolute atomic E-state index is 0.0118. The van der Waals surface area contributed by atoms with E-state index in [4.69, 9.17) is 5.73 Å². The molecule has 0 aliphatic carbocycles. The molecule has 7 heteroatoms. The Morgan fingerprint density at radius 3 is 2.55 bits per heavy atom. The molecule has 0 atom stereocenters. The maximum atomic E-state index is 13.6. The van der Waals surface area contributed by atoms with Crippen LogP contribution in [0.5, 0.6) is 0 Å². The van der Waals surface area contributed by atoms with Gasteiger partial charge in [-0.2, -0.15) is 0 Å². The van der Waals surface area contributed by atoms with Crippen molar-refractivity contribution in [1.82, 2.24) is 10.6 Å². The lowest BCUT2D eigenvalue weighted by Crippen LogP contribution is -2.32. The number of nitrogens with one attached hydrogen (secondary N) is 2. The molecule has 0 radical (unpaired) electrons. The highest BCUT2D eigenvalue weighted by Crippen LogP contribution is 2.18. The molecule has 0 spiro atoms. The van der Waals surface area contributed by atoms with Crippen molar-refractivity contribution in [3.8, 4) is 0 Å². The third-order valence-electron chi connectivity index (χ3n) is 2.56. The van der Waals surface area contributed by atoms with Crippen molar-refractivity contribution in [3.05, 3.63) is 29.3 Å². The van der Waals surface area contributed by atoms with Gasteiger partial charge in [0.15, 0.2) is 5.82 Å². The molecule has 4 N–H and O–H groups in total. The second kappa shape index (κ2) is 7.42. The number of nitrogen functional groups attached to an aromatic ring is 1. The Balaban J connectivity index is 2.56. The maximum absolute atomic E-state index is 13.6. The summed E-state index contributed by atoms with van der Waals surface area (Å²) in [7, 11) is 0. The molecule has 1 aromatic rings. The van der Waals surface area contributed by atoms with Crippen molar-refractivity contribution >= 4 is 17.5 Å². The van der Waals surface area contributed by atoms with Crippen molar-refractivity contribution in [1.29, 1.82) is 0 Å². The third-order valence-corrected chi connectivity index (χ3v) is 2.56. The molecule has 20 heavy (non-hydrogen) atoms. The van der Waals surface area contributed by atoms with Crippen LogP contribution in [0.1, 0.15) is 30.1 Å². The highest BCUT2D eigenvalue weighted by atomic mass is 19.1. The van der Waals surface area contributed by atoms with Gasteiger partial charge in [0, 0.05) is 19.5 Å². The van der Waals surface area contributed by atoms with Crippen LogP contribution in [0.25, 0.3) is 0 Å². The van der Waals surface area contributed by atoms with Crippen molar-refractivity contribution < 1.29 is 18.4 Å². The van der Waals surface area contributed by atoms with Crippen LogP contribution >= 0.6 is 0 Å². The molecular weight excluding hydrogens is 268 g/mol. The molecule has 0 aliphatic rings. The van der Waals surface area contributed by atoms with Gasteiger partial charge in [0.25, 0.3) is 5.91 Å². The van der Waals surface area contributed by atoms with Crippen LogP contribution in [0.4, 0.5) is 14.5 Å². The first-order valence-corrected chi connectivity index (χ1v) is 6.25. The topological polar surface area (TPSA) is 84.2 Å². The van der Waals surface area contributed by atoms with Crippen molar-refractivity contribution in [3.63, 3.8) is 0 Å². The summed E-state index contributed by atoms with van der Waals surface area (Å²) < 4.78 is 27.0. The smallest absolute Gasteiger partial charge is 0.257 e. The van der Waals surface area contributed by atoms with E-state index in [1.54, 1.807) is 0 Å². The summed E-state index contributed by atoms with van der Waals surface area (Å²) in [5, 5.41) is 4.90. The molecule has 0 aliphatic heterocycles. The fraction of sp³-hybridized carbons (Fsp3) is 0.385. The summed E-state index contributed by atoms with van der Waals surface area (Å²) >= 11 is 0. The summed E-state index contributed by atoms with van der Waals surface area (Å²) in [6.07, 6.45) is 0.842. The number of carbonyl (C=O) groups excluding carboxylic acids is 2. The van der Waals surface area contributed by atoms with E-state index in [-0.39, 0.29) is 24.6 Å². The monoisotopic (exact) mass is 285 g/mol. The summed E-state index contributed by atoms with van der Waals surface area (Å²) in [4.78, 5) is 22.9. The lowest BCUT2D eigenvalue weighted by Gasteiger charge is -2.08. The zero-order chi connectivity index (χ0) is 15.1. The van der Waals surface area contributed by atoms with Crippen LogP contribution < -0.4 is 16.4 Å². The number of anilines is 1. The molecule has 2 amide bonds. The Labute approximate surface area is 115 Å². The van der Waals surface area contributed by atoms with Gasteiger partial charge in [-0.25, -0.2) is 8.78 Å². The molecule has 0 aromatic heterocycles. The molecule has 0 saturated heterocycles. The molecule has 0 bridgehead atoms. The SMILES string of the molecule is CCCNC(=O)CCNC(=O)c1c(F)ccc(N)c1F. The Morgan fingerprint density at radius 2 is 1.90 bits per heavy atom. The second-order valence-corrected chi connectivity index (χ2v) is 4.18. The number of benzene rings is 1. The third kappa shape index (κ3) is 4.18. The van der Waals surface area contributed by atoms with Gasteiger partial charge in [-0.15, -0.1) is 0 Å². The van der Waals surface area contributed by atoms with Crippen molar-refractivity contribution in [2.24, 2.45) is 0 Å². The average molecular weight is 285 g/mol. The number of nitrogens with two attached hydrogens (primary N) is 1. The molecule has 1 rings (SSSR count).